The second kappa shape index (κ2) is 14.8. The fourth-order valence-electron chi connectivity index (χ4n) is 3.31. The van der Waals surface area contributed by atoms with E-state index in [1.165, 1.54) is 48.5 Å². The van der Waals surface area contributed by atoms with Gasteiger partial charge in [0.15, 0.2) is 6.10 Å². The van der Waals surface area contributed by atoms with E-state index in [1.807, 2.05) is 0 Å². The van der Waals surface area contributed by atoms with Gasteiger partial charge in [-0.2, -0.15) is 17.2 Å². The number of aryl methyl sites for hydroxylation is 1. The van der Waals surface area contributed by atoms with E-state index in [2.05, 4.69) is 9.07 Å². The van der Waals surface area contributed by atoms with E-state index in [9.17, 15) is 38.5 Å². The molecule has 18 heteroatoms. The first-order valence-electron chi connectivity index (χ1n) is 12.3. The first-order chi connectivity index (χ1) is 20.7. The SMILES string of the molecule is Cc1ccc(S(=O)(=O)OC(=O)C(F)(F)[C@H](OOCc2ccc([N+](=O)[O-])cc2)[C@H](O)COOCc2ccc([N+](=O)[O-])cc2)cc1. The monoisotopic (exact) mass is 642 g/mol. The van der Waals surface area contributed by atoms with Crippen molar-refractivity contribution in [3.63, 3.8) is 0 Å². The van der Waals surface area contributed by atoms with Crippen LogP contribution in [0.15, 0.2) is 77.7 Å². The third kappa shape index (κ3) is 9.27. The molecule has 3 aromatic rings. The predicted octanol–water partition coefficient (Wildman–Crippen LogP) is 3.70. The molecule has 0 aliphatic carbocycles. The molecule has 0 saturated heterocycles. The minimum Gasteiger partial charge on any atom is -0.387 e. The molecule has 0 aromatic heterocycles. The summed E-state index contributed by atoms with van der Waals surface area (Å²) in [5, 5.41) is 32.0. The van der Waals surface area contributed by atoms with Crippen LogP contribution in [0.4, 0.5) is 20.2 Å². The summed E-state index contributed by atoms with van der Waals surface area (Å²) in [5.74, 6) is -7.46. The lowest BCUT2D eigenvalue weighted by Gasteiger charge is -2.27. The van der Waals surface area contributed by atoms with Crippen LogP contribution in [0.2, 0.25) is 0 Å². The number of alkyl halides is 2. The van der Waals surface area contributed by atoms with E-state index < -0.39 is 62.2 Å². The summed E-state index contributed by atoms with van der Waals surface area (Å²) in [6.45, 7) is -0.355. The number of carbonyl (C=O) groups excluding carboxylic acids is 1. The van der Waals surface area contributed by atoms with Crippen molar-refractivity contribution in [2.45, 2.75) is 43.2 Å². The van der Waals surface area contributed by atoms with Gasteiger partial charge in [-0.15, -0.1) is 0 Å². The quantitative estimate of drug-likeness (QED) is 0.0779. The number of hydrogen-bond donors (Lipinski definition) is 1. The number of benzene rings is 3. The van der Waals surface area contributed by atoms with Crippen LogP contribution in [0.3, 0.4) is 0 Å². The molecule has 44 heavy (non-hydrogen) atoms. The van der Waals surface area contributed by atoms with Gasteiger partial charge < -0.3 is 9.29 Å². The maximum Gasteiger partial charge on any atom is 0.395 e. The number of halogens is 2. The zero-order valence-electron chi connectivity index (χ0n) is 22.6. The Labute approximate surface area is 247 Å². The molecule has 0 bridgehead atoms. The summed E-state index contributed by atoms with van der Waals surface area (Å²) in [6.07, 6.45) is -5.31. The topological polar surface area (TPSA) is 204 Å². The molecule has 0 saturated carbocycles. The number of aliphatic hydroxyl groups excluding tert-OH is 1. The molecule has 0 aliphatic rings. The molecule has 236 valence electrons. The summed E-state index contributed by atoms with van der Waals surface area (Å²) < 4.78 is 59.5. The zero-order valence-corrected chi connectivity index (χ0v) is 23.4. The number of carbonyl (C=O) groups is 1. The van der Waals surface area contributed by atoms with Crippen molar-refractivity contribution in [2.75, 3.05) is 6.61 Å². The van der Waals surface area contributed by atoms with Gasteiger partial charge in [-0.1, -0.05) is 17.7 Å². The van der Waals surface area contributed by atoms with Crippen molar-refractivity contribution < 1.29 is 60.7 Å². The van der Waals surface area contributed by atoms with Crippen molar-refractivity contribution in [3.8, 4) is 0 Å². The lowest BCUT2D eigenvalue weighted by molar-refractivity contribution is -0.388. The number of nitrogens with zero attached hydrogens (tertiary/aromatic N) is 2. The lowest BCUT2D eigenvalue weighted by atomic mass is 10.1. The van der Waals surface area contributed by atoms with Crippen molar-refractivity contribution >= 4 is 27.5 Å². The summed E-state index contributed by atoms with van der Waals surface area (Å²) in [5.41, 5.74) is 0.757. The van der Waals surface area contributed by atoms with E-state index in [-0.39, 0.29) is 23.5 Å². The predicted molar refractivity (Wildman–Crippen MR) is 142 cm³/mol. The average molecular weight is 643 g/mol. The average Bonchev–Trinajstić information content (AvgIpc) is 2.97. The Bertz CT molecular complexity index is 1550. The van der Waals surface area contributed by atoms with Gasteiger partial charge >= 0.3 is 22.0 Å². The van der Waals surface area contributed by atoms with Crippen molar-refractivity contribution in [3.05, 3.63) is 110 Å². The second-order valence-corrected chi connectivity index (χ2v) is 10.5. The number of rotatable bonds is 16. The highest BCUT2D eigenvalue weighted by atomic mass is 32.2. The van der Waals surface area contributed by atoms with Crippen molar-refractivity contribution in [1.82, 2.24) is 0 Å². The highest BCUT2D eigenvalue weighted by molar-refractivity contribution is 7.87. The smallest absolute Gasteiger partial charge is 0.387 e. The molecule has 1 N–H and O–H groups in total. The Morgan fingerprint density at radius 3 is 1.80 bits per heavy atom. The molecule has 0 aliphatic heterocycles. The van der Waals surface area contributed by atoms with Gasteiger partial charge in [0, 0.05) is 24.3 Å². The Hall–Kier alpha value is -4.46. The van der Waals surface area contributed by atoms with E-state index in [4.69, 9.17) is 14.7 Å². The number of aliphatic hydroxyl groups is 1. The summed E-state index contributed by atoms with van der Waals surface area (Å²) in [4.78, 5) is 51.0. The van der Waals surface area contributed by atoms with E-state index in [0.29, 0.717) is 11.1 Å². The van der Waals surface area contributed by atoms with Crippen LogP contribution in [0, 0.1) is 27.2 Å². The highest BCUT2D eigenvalue weighted by Crippen LogP contribution is 2.29. The Kier molecular flexibility index (Phi) is 11.5. The van der Waals surface area contributed by atoms with E-state index in [1.54, 1.807) is 6.92 Å². The fourth-order valence-corrected chi connectivity index (χ4v) is 4.18. The standard InChI is InChI=1S/C26H24F2N2O13S/c1-17-2-12-22(13-3-17)44(37,38)43-25(32)26(27,28)24(42-41-15-19-6-10-21(11-7-19)30(35)36)23(31)16-40-39-14-18-4-8-20(9-5-18)29(33)34/h2-13,23-24,31H,14-16H2,1H3/t23-,24-/m1/s1. The third-order valence-electron chi connectivity index (χ3n) is 5.71. The molecule has 0 fully saturated rings. The molecular formula is C26H24F2N2O13S. The molecular weight excluding hydrogens is 618 g/mol. The fraction of sp³-hybridized carbons (Fsp3) is 0.269. The molecule has 0 spiro atoms. The lowest BCUT2D eigenvalue weighted by Crippen LogP contribution is -2.52. The van der Waals surface area contributed by atoms with Crippen molar-refractivity contribution in [1.29, 1.82) is 0 Å². The van der Waals surface area contributed by atoms with Gasteiger partial charge in [-0.25, -0.2) is 24.3 Å². The molecule has 0 heterocycles. The molecule has 0 radical (unpaired) electrons. The third-order valence-corrected chi connectivity index (χ3v) is 6.93. The molecule has 3 rings (SSSR count). The van der Waals surface area contributed by atoms with Crippen LogP contribution in [-0.4, -0.2) is 54.1 Å². The van der Waals surface area contributed by atoms with Crippen LogP contribution >= 0.6 is 0 Å². The van der Waals surface area contributed by atoms with Gasteiger partial charge in [-0.05, 0) is 54.4 Å². The molecule has 15 nitrogen and oxygen atoms in total. The van der Waals surface area contributed by atoms with Gasteiger partial charge in [0.2, 0.25) is 0 Å². The summed E-state index contributed by atoms with van der Waals surface area (Å²) in [7, 11) is -5.01. The maximum absolute atomic E-state index is 15.3. The number of hydrogen-bond acceptors (Lipinski definition) is 13. The van der Waals surface area contributed by atoms with Gasteiger partial charge in [0.1, 0.15) is 30.8 Å². The first kappa shape index (κ1) is 34.0. The van der Waals surface area contributed by atoms with Crippen LogP contribution in [0.5, 0.6) is 0 Å². The Balaban J connectivity index is 1.70. The van der Waals surface area contributed by atoms with Crippen LogP contribution < -0.4 is 0 Å². The number of non-ortho nitro benzene ring substituents is 2. The minimum absolute atomic E-state index is 0.197. The Morgan fingerprint density at radius 2 is 1.32 bits per heavy atom. The molecule has 3 aromatic carbocycles. The van der Waals surface area contributed by atoms with Crippen LogP contribution in [0.1, 0.15) is 16.7 Å². The molecule has 0 amide bonds. The molecule has 2 atom stereocenters. The van der Waals surface area contributed by atoms with Crippen LogP contribution in [0.25, 0.3) is 0 Å². The Morgan fingerprint density at radius 1 is 0.841 bits per heavy atom. The normalized spacial score (nSPS) is 13.2. The molecule has 0 unspecified atom stereocenters. The van der Waals surface area contributed by atoms with Crippen molar-refractivity contribution in [2.24, 2.45) is 0 Å². The highest BCUT2D eigenvalue weighted by Gasteiger charge is 2.56. The number of nitro groups is 2. The summed E-state index contributed by atoms with van der Waals surface area (Å²) >= 11 is 0. The first-order valence-corrected chi connectivity index (χ1v) is 13.7. The summed E-state index contributed by atoms with van der Waals surface area (Å²) in [6, 6.07) is 14.4. The van der Waals surface area contributed by atoms with E-state index >= 15 is 8.78 Å². The van der Waals surface area contributed by atoms with Crippen LogP contribution in [-0.2, 0) is 51.9 Å². The largest absolute Gasteiger partial charge is 0.395 e. The zero-order chi connectivity index (χ0) is 32.5. The van der Waals surface area contributed by atoms with Gasteiger partial charge in [0.25, 0.3) is 11.4 Å². The number of nitro benzene ring substituents is 2. The maximum atomic E-state index is 15.3. The second-order valence-electron chi connectivity index (χ2n) is 9.00. The van der Waals surface area contributed by atoms with Gasteiger partial charge in [-0.3, -0.25) is 20.2 Å². The minimum atomic E-state index is -5.01. The van der Waals surface area contributed by atoms with E-state index in [0.717, 1.165) is 24.3 Å². The van der Waals surface area contributed by atoms with Gasteiger partial charge in [0.05, 0.1) is 9.85 Å².